The van der Waals surface area contributed by atoms with Crippen molar-refractivity contribution in [2.24, 2.45) is 5.41 Å². The highest BCUT2D eigenvalue weighted by atomic mass is 35.5. The summed E-state index contributed by atoms with van der Waals surface area (Å²) in [6, 6.07) is 7.35. The molecule has 1 aromatic carbocycles. The third-order valence-electron chi connectivity index (χ3n) is 4.72. The second kappa shape index (κ2) is 6.76. The Labute approximate surface area is 157 Å². The Bertz CT molecular complexity index is 961. The number of carboxylic acid groups (broad SMARTS) is 1. The molecular weight excluding hydrogens is 352 g/mol. The SMILES string of the molecule is CC(C(NC(=O)O)C(C)(C)C)n1c(CCl)nc2cnc3ccccc3c21. The maximum absolute atomic E-state index is 11.4. The van der Waals surface area contributed by atoms with E-state index in [9.17, 15) is 9.90 Å². The molecule has 2 N–H and O–H groups in total. The molecule has 0 saturated heterocycles. The summed E-state index contributed by atoms with van der Waals surface area (Å²) in [4.78, 5) is 20.5. The average Bonchev–Trinajstić information content (AvgIpc) is 2.97. The van der Waals surface area contributed by atoms with Gasteiger partial charge in [0, 0.05) is 5.39 Å². The fraction of sp³-hybridized carbons (Fsp3) is 0.421. The lowest BCUT2D eigenvalue weighted by atomic mass is 9.82. The van der Waals surface area contributed by atoms with E-state index in [2.05, 4.69) is 19.9 Å². The van der Waals surface area contributed by atoms with Crippen LogP contribution in [0.5, 0.6) is 0 Å². The molecule has 0 aliphatic heterocycles. The number of hydrogen-bond donors (Lipinski definition) is 2. The molecule has 0 saturated carbocycles. The van der Waals surface area contributed by atoms with Crippen LogP contribution < -0.4 is 5.32 Å². The summed E-state index contributed by atoms with van der Waals surface area (Å²) in [5, 5.41) is 13.0. The Morgan fingerprint density at radius 1 is 1.31 bits per heavy atom. The van der Waals surface area contributed by atoms with Gasteiger partial charge in [-0.1, -0.05) is 39.0 Å². The molecule has 0 aliphatic carbocycles. The number of fused-ring (bicyclic) bond motifs is 3. The van der Waals surface area contributed by atoms with Crippen molar-refractivity contribution < 1.29 is 9.90 Å². The van der Waals surface area contributed by atoms with E-state index in [0.29, 0.717) is 5.82 Å². The number of imidazole rings is 1. The van der Waals surface area contributed by atoms with Crippen molar-refractivity contribution in [2.75, 3.05) is 0 Å². The Morgan fingerprint density at radius 2 is 2.00 bits per heavy atom. The molecule has 0 radical (unpaired) electrons. The molecule has 0 fully saturated rings. The van der Waals surface area contributed by atoms with Crippen LogP contribution in [0.15, 0.2) is 30.5 Å². The minimum atomic E-state index is -1.04. The first-order chi connectivity index (χ1) is 12.2. The van der Waals surface area contributed by atoms with Crippen molar-refractivity contribution >= 4 is 39.6 Å². The van der Waals surface area contributed by atoms with Gasteiger partial charge in [-0.05, 0) is 18.4 Å². The van der Waals surface area contributed by atoms with Crippen LogP contribution in [0.3, 0.4) is 0 Å². The number of amides is 1. The van der Waals surface area contributed by atoms with E-state index in [1.807, 2.05) is 52.0 Å². The highest BCUT2D eigenvalue weighted by Gasteiger charge is 2.34. The first-order valence-electron chi connectivity index (χ1n) is 8.54. The van der Waals surface area contributed by atoms with Gasteiger partial charge in [-0.25, -0.2) is 9.78 Å². The van der Waals surface area contributed by atoms with Crippen LogP contribution in [-0.2, 0) is 5.88 Å². The monoisotopic (exact) mass is 374 g/mol. The third kappa shape index (κ3) is 3.21. The quantitative estimate of drug-likeness (QED) is 0.655. The van der Waals surface area contributed by atoms with E-state index in [1.165, 1.54) is 0 Å². The van der Waals surface area contributed by atoms with Gasteiger partial charge in [0.05, 0.1) is 35.2 Å². The Kier molecular flexibility index (Phi) is 4.80. The Hall–Kier alpha value is -2.34. The molecule has 6 nitrogen and oxygen atoms in total. The lowest BCUT2D eigenvalue weighted by Gasteiger charge is -2.36. The van der Waals surface area contributed by atoms with Crippen molar-refractivity contribution in [3.8, 4) is 0 Å². The zero-order chi connectivity index (χ0) is 19.1. The van der Waals surface area contributed by atoms with Crippen molar-refractivity contribution in [2.45, 2.75) is 45.7 Å². The van der Waals surface area contributed by atoms with E-state index >= 15 is 0 Å². The van der Waals surface area contributed by atoms with Crippen LogP contribution in [0.25, 0.3) is 21.9 Å². The standard InChI is InChI=1S/C19H23ClN4O2/c1-11(17(19(2,3)4)23-18(25)26)24-15(9-20)22-14-10-21-13-8-6-5-7-12(13)16(14)24/h5-8,10-11,17,23H,9H2,1-4H3,(H,25,26). The maximum Gasteiger partial charge on any atom is 0.404 e. The smallest absolute Gasteiger partial charge is 0.404 e. The second-order valence-corrected chi connectivity index (χ2v) is 7.84. The predicted octanol–water partition coefficient (Wildman–Crippen LogP) is 4.57. The van der Waals surface area contributed by atoms with E-state index in [1.54, 1.807) is 6.20 Å². The Balaban J connectivity index is 2.27. The number of aromatic nitrogens is 3. The van der Waals surface area contributed by atoms with Crippen molar-refractivity contribution in [3.63, 3.8) is 0 Å². The van der Waals surface area contributed by atoms with Crippen LogP contribution in [0.4, 0.5) is 4.79 Å². The third-order valence-corrected chi connectivity index (χ3v) is 4.96. The molecule has 2 atom stereocenters. The summed E-state index contributed by atoms with van der Waals surface area (Å²) >= 11 is 6.18. The second-order valence-electron chi connectivity index (χ2n) is 7.57. The number of benzene rings is 1. The molecule has 0 aliphatic rings. The molecule has 138 valence electrons. The molecular formula is C19H23ClN4O2. The number of nitrogens with zero attached hydrogens (tertiary/aromatic N) is 3. The molecule has 7 heteroatoms. The summed E-state index contributed by atoms with van der Waals surface area (Å²) in [6.45, 7) is 8.05. The number of carbonyl (C=O) groups is 1. The number of rotatable bonds is 4. The summed E-state index contributed by atoms with van der Waals surface area (Å²) in [5.41, 5.74) is 2.27. The number of hydrogen-bond acceptors (Lipinski definition) is 3. The van der Waals surface area contributed by atoms with Crippen molar-refractivity contribution in [3.05, 3.63) is 36.3 Å². The zero-order valence-electron chi connectivity index (χ0n) is 15.3. The first-order valence-corrected chi connectivity index (χ1v) is 9.07. The molecule has 2 heterocycles. The predicted molar refractivity (Wildman–Crippen MR) is 104 cm³/mol. The normalized spacial score (nSPS) is 14.5. The molecule has 1 amide bonds. The number of nitrogens with one attached hydrogen (secondary N) is 1. The number of halogens is 1. The van der Waals surface area contributed by atoms with E-state index in [0.717, 1.165) is 21.9 Å². The van der Waals surface area contributed by atoms with Crippen LogP contribution in [-0.4, -0.2) is 31.8 Å². The van der Waals surface area contributed by atoms with Crippen LogP contribution >= 0.6 is 11.6 Å². The molecule has 3 aromatic rings. The summed E-state index contributed by atoms with van der Waals surface area (Å²) in [6.07, 6.45) is 0.702. The van der Waals surface area contributed by atoms with Gasteiger partial charge in [0.2, 0.25) is 0 Å². The first kappa shape index (κ1) is 18.5. The van der Waals surface area contributed by atoms with E-state index < -0.39 is 6.09 Å². The summed E-state index contributed by atoms with van der Waals surface area (Å²) in [7, 11) is 0. The van der Waals surface area contributed by atoms with Crippen molar-refractivity contribution in [1.29, 1.82) is 0 Å². The van der Waals surface area contributed by atoms with Gasteiger partial charge >= 0.3 is 6.09 Å². The number of alkyl halides is 1. The average molecular weight is 375 g/mol. The van der Waals surface area contributed by atoms with Crippen LogP contribution in [0.2, 0.25) is 0 Å². The number of para-hydroxylation sites is 1. The fourth-order valence-corrected chi connectivity index (χ4v) is 3.84. The number of pyridine rings is 1. The molecule has 26 heavy (non-hydrogen) atoms. The fourth-order valence-electron chi connectivity index (χ4n) is 3.65. The van der Waals surface area contributed by atoms with Gasteiger partial charge < -0.3 is 15.0 Å². The zero-order valence-corrected chi connectivity index (χ0v) is 16.1. The lowest BCUT2D eigenvalue weighted by molar-refractivity contribution is 0.158. The molecule has 2 aromatic heterocycles. The summed E-state index contributed by atoms with van der Waals surface area (Å²) in [5.74, 6) is 0.936. The minimum absolute atomic E-state index is 0.185. The summed E-state index contributed by atoms with van der Waals surface area (Å²) < 4.78 is 2.05. The Morgan fingerprint density at radius 3 is 2.62 bits per heavy atom. The van der Waals surface area contributed by atoms with Gasteiger partial charge in [-0.3, -0.25) is 4.98 Å². The van der Waals surface area contributed by atoms with E-state index in [4.69, 9.17) is 11.6 Å². The maximum atomic E-state index is 11.4. The molecule has 0 bridgehead atoms. The lowest BCUT2D eigenvalue weighted by Crippen LogP contribution is -2.48. The van der Waals surface area contributed by atoms with Crippen molar-refractivity contribution in [1.82, 2.24) is 19.9 Å². The van der Waals surface area contributed by atoms with Gasteiger partial charge in [0.15, 0.2) is 0 Å². The van der Waals surface area contributed by atoms with Gasteiger partial charge in [0.25, 0.3) is 0 Å². The van der Waals surface area contributed by atoms with Gasteiger partial charge in [-0.15, -0.1) is 11.6 Å². The minimum Gasteiger partial charge on any atom is -0.465 e. The molecule has 2 unspecified atom stereocenters. The molecule has 3 rings (SSSR count). The van der Waals surface area contributed by atoms with Crippen LogP contribution in [0.1, 0.15) is 39.6 Å². The highest BCUT2D eigenvalue weighted by Crippen LogP contribution is 2.34. The van der Waals surface area contributed by atoms with Gasteiger partial charge in [-0.2, -0.15) is 0 Å². The van der Waals surface area contributed by atoms with E-state index in [-0.39, 0.29) is 23.4 Å². The molecule has 0 spiro atoms. The van der Waals surface area contributed by atoms with Crippen LogP contribution in [0, 0.1) is 5.41 Å². The topological polar surface area (TPSA) is 80.0 Å². The highest BCUT2D eigenvalue weighted by molar-refractivity contribution is 6.17. The largest absolute Gasteiger partial charge is 0.465 e. The van der Waals surface area contributed by atoms with Gasteiger partial charge in [0.1, 0.15) is 11.3 Å².